The maximum absolute atomic E-state index is 12.7. The van der Waals surface area contributed by atoms with Gasteiger partial charge in [-0.25, -0.2) is 4.98 Å². The minimum atomic E-state index is -0.287. The number of hydrogen-bond acceptors (Lipinski definition) is 10. The number of para-hydroxylation sites is 1. The predicted molar refractivity (Wildman–Crippen MR) is 130 cm³/mol. The number of halogens is 1. The molecule has 0 saturated carbocycles. The molecule has 0 spiro atoms. The Bertz CT molecular complexity index is 1110. The maximum Gasteiger partial charge on any atom is 0.267 e. The first-order valence-corrected chi connectivity index (χ1v) is 11.7. The molecule has 3 N–H and O–H groups in total. The van der Waals surface area contributed by atoms with Crippen molar-refractivity contribution in [3.8, 4) is 0 Å². The highest BCUT2D eigenvalue weighted by Crippen LogP contribution is 2.28. The number of nitrogens with one attached hydrogen (secondary N) is 2. The number of aliphatic hydroxyl groups excluding tert-OH is 1. The molecule has 3 aromatic rings. The summed E-state index contributed by atoms with van der Waals surface area (Å²) >= 11 is 7.41. The quantitative estimate of drug-likeness (QED) is 0.461. The van der Waals surface area contributed by atoms with Crippen molar-refractivity contribution in [2.75, 3.05) is 54.9 Å². The lowest BCUT2D eigenvalue weighted by Gasteiger charge is -2.34. The van der Waals surface area contributed by atoms with Crippen molar-refractivity contribution in [1.29, 1.82) is 0 Å². The number of aryl methyl sites for hydroxylation is 2. The van der Waals surface area contributed by atoms with Gasteiger partial charge in [-0.2, -0.15) is 15.0 Å². The summed E-state index contributed by atoms with van der Waals surface area (Å²) in [5.74, 6) is 1.27. The van der Waals surface area contributed by atoms with Crippen LogP contribution >= 0.6 is 22.9 Å². The molecule has 0 bridgehead atoms. The van der Waals surface area contributed by atoms with Crippen LogP contribution in [0.4, 0.5) is 22.7 Å². The van der Waals surface area contributed by atoms with E-state index in [4.69, 9.17) is 16.7 Å². The Balaban J connectivity index is 1.43. The summed E-state index contributed by atoms with van der Waals surface area (Å²) in [4.78, 5) is 35.1. The second-order valence-electron chi connectivity index (χ2n) is 7.60. The zero-order chi connectivity index (χ0) is 23.4. The van der Waals surface area contributed by atoms with Crippen LogP contribution in [-0.2, 0) is 0 Å². The molecule has 4 rings (SSSR count). The third kappa shape index (κ3) is 5.74. The minimum absolute atomic E-state index is 0.157. The number of aliphatic hydroxyl groups is 1. The van der Waals surface area contributed by atoms with Gasteiger partial charge in [-0.3, -0.25) is 15.0 Å². The molecule has 33 heavy (non-hydrogen) atoms. The Hall–Kier alpha value is -2.86. The average Bonchev–Trinajstić information content (AvgIpc) is 3.25. The van der Waals surface area contributed by atoms with E-state index in [1.165, 1.54) is 17.5 Å². The lowest BCUT2D eigenvalue weighted by molar-refractivity contribution is 0.103. The molecule has 1 aromatic carbocycles. The highest BCUT2D eigenvalue weighted by atomic mass is 35.5. The highest BCUT2D eigenvalue weighted by Gasteiger charge is 2.20. The zero-order valence-corrected chi connectivity index (χ0v) is 19.9. The fraction of sp³-hybridized carbons (Fsp3) is 0.381. The fourth-order valence-electron chi connectivity index (χ4n) is 3.48. The minimum Gasteiger partial charge on any atom is -0.395 e. The number of carbonyl (C=O) groups excluding carboxylic acids is 1. The Kier molecular flexibility index (Phi) is 7.33. The van der Waals surface area contributed by atoms with Crippen molar-refractivity contribution in [2.45, 2.75) is 13.8 Å². The smallest absolute Gasteiger partial charge is 0.267 e. The number of aromatic nitrogens is 4. The summed E-state index contributed by atoms with van der Waals surface area (Å²) < 4.78 is 0. The number of hydrogen-bond donors (Lipinski definition) is 3. The summed E-state index contributed by atoms with van der Waals surface area (Å²) in [5, 5.41) is 16.0. The molecule has 3 heterocycles. The van der Waals surface area contributed by atoms with Gasteiger partial charge in [-0.15, -0.1) is 0 Å². The Morgan fingerprint density at radius 2 is 1.97 bits per heavy atom. The molecule has 10 nitrogen and oxygen atoms in total. The number of nitrogens with zero attached hydrogens (tertiary/aromatic N) is 6. The average molecular weight is 489 g/mol. The summed E-state index contributed by atoms with van der Waals surface area (Å²) in [6.07, 6.45) is 1.50. The van der Waals surface area contributed by atoms with Crippen LogP contribution in [0.25, 0.3) is 0 Å². The van der Waals surface area contributed by atoms with Crippen molar-refractivity contribution < 1.29 is 9.90 Å². The van der Waals surface area contributed by atoms with Gasteiger partial charge in [0.15, 0.2) is 5.13 Å². The molecule has 0 unspecified atom stereocenters. The molecular weight excluding hydrogens is 464 g/mol. The van der Waals surface area contributed by atoms with Crippen LogP contribution < -0.4 is 15.5 Å². The fourth-order valence-corrected chi connectivity index (χ4v) is 4.45. The first kappa shape index (κ1) is 23.3. The Morgan fingerprint density at radius 3 is 2.70 bits per heavy atom. The van der Waals surface area contributed by atoms with E-state index in [9.17, 15) is 4.79 Å². The van der Waals surface area contributed by atoms with Gasteiger partial charge in [-0.05, 0) is 25.5 Å². The van der Waals surface area contributed by atoms with Gasteiger partial charge >= 0.3 is 0 Å². The summed E-state index contributed by atoms with van der Waals surface area (Å²) in [6.45, 7) is 7.74. The van der Waals surface area contributed by atoms with Gasteiger partial charge in [0.25, 0.3) is 5.91 Å². The molecule has 1 fully saturated rings. The number of benzene rings is 1. The molecule has 1 amide bonds. The maximum atomic E-state index is 12.7. The predicted octanol–water partition coefficient (Wildman–Crippen LogP) is 2.71. The van der Waals surface area contributed by atoms with E-state index in [0.717, 1.165) is 31.7 Å². The number of rotatable bonds is 7. The normalized spacial score (nSPS) is 14.4. The number of amides is 1. The Morgan fingerprint density at radius 1 is 1.18 bits per heavy atom. The van der Waals surface area contributed by atoms with Crippen LogP contribution in [0.5, 0.6) is 0 Å². The third-order valence-electron chi connectivity index (χ3n) is 5.22. The van der Waals surface area contributed by atoms with Crippen LogP contribution in [0.3, 0.4) is 0 Å². The van der Waals surface area contributed by atoms with Gasteiger partial charge in [0, 0.05) is 32.7 Å². The summed E-state index contributed by atoms with van der Waals surface area (Å²) in [6, 6.07) is 5.45. The second kappa shape index (κ2) is 10.4. The number of anilines is 4. The number of β-amino-alcohol motifs (C(OH)–C–C–N with tert-alkyl or cyclic N) is 1. The van der Waals surface area contributed by atoms with Gasteiger partial charge in [0.05, 0.1) is 23.5 Å². The molecular formula is C21H25ClN8O2S. The van der Waals surface area contributed by atoms with Crippen LogP contribution in [0, 0.1) is 13.8 Å². The molecule has 0 radical (unpaired) electrons. The van der Waals surface area contributed by atoms with Crippen molar-refractivity contribution in [2.24, 2.45) is 0 Å². The van der Waals surface area contributed by atoms with Crippen LogP contribution in [0.2, 0.25) is 5.02 Å². The topological polar surface area (TPSA) is 119 Å². The second-order valence-corrected chi connectivity index (χ2v) is 9.04. The number of piperazine rings is 1. The van der Waals surface area contributed by atoms with E-state index >= 15 is 0 Å². The van der Waals surface area contributed by atoms with E-state index in [0.29, 0.717) is 45.0 Å². The number of carbonyl (C=O) groups is 1. The van der Waals surface area contributed by atoms with Gasteiger partial charge in [0.2, 0.25) is 11.9 Å². The first-order valence-electron chi connectivity index (χ1n) is 10.5. The lowest BCUT2D eigenvalue weighted by Crippen LogP contribution is -2.47. The van der Waals surface area contributed by atoms with Crippen LogP contribution in [-0.4, -0.2) is 75.2 Å². The third-order valence-corrected chi connectivity index (χ3v) is 6.44. The lowest BCUT2D eigenvalue weighted by atomic mass is 10.2. The standard InChI is InChI=1S/C21H25ClN8O2S/c1-13-4-3-5-15(22)17(13)26-18(32)16-12-23-21(33-16)28-19-24-14(2)25-20(27-19)30-8-6-29(7-9-30)10-11-31/h3-5,12,31H,6-11H2,1-2H3,(H,26,32)(H,23,24,25,27,28). The van der Waals surface area contributed by atoms with E-state index in [1.807, 2.05) is 26.0 Å². The molecule has 0 atom stereocenters. The van der Waals surface area contributed by atoms with Gasteiger partial charge in [0.1, 0.15) is 10.7 Å². The van der Waals surface area contributed by atoms with Crippen LogP contribution in [0.1, 0.15) is 21.1 Å². The molecule has 1 aliphatic rings. The van der Waals surface area contributed by atoms with E-state index in [1.54, 1.807) is 6.07 Å². The first-order chi connectivity index (χ1) is 15.9. The van der Waals surface area contributed by atoms with E-state index in [2.05, 4.69) is 40.4 Å². The SMILES string of the molecule is Cc1nc(Nc2ncc(C(=O)Nc3c(C)cccc3Cl)s2)nc(N2CCN(CCO)CC2)n1. The molecule has 0 aliphatic carbocycles. The van der Waals surface area contributed by atoms with E-state index in [-0.39, 0.29) is 12.5 Å². The van der Waals surface area contributed by atoms with Crippen molar-refractivity contribution >= 4 is 51.6 Å². The molecule has 12 heteroatoms. The molecule has 2 aromatic heterocycles. The summed E-state index contributed by atoms with van der Waals surface area (Å²) in [5.41, 5.74) is 1.47. The van der Waals surface area contributed by atoms with Crippen molar-refractivity contribution in [1.82, 2.24) is 24.8 Å². The molecule has 174 valence electrons. The number of thiazole rings is 1. The van der Waals surface area contributed by atoms with Crippen molar-refractivity contribution in [3.63, 3.8) is 0 Å². The van der Waals surface area contributed by atoms with Crippen molar-refractivity contribution in [3.05, 3.63) is 45.7 Å². The molecule has 1 aliphatic heterocycles. The largest absolute Gasteiger partial charge is 0.395 e. The van der Waals surface area contributed by atoms with Gasteiger partial charge < -0.3 is 15.3 Å². The zero-order valence-electron chi connectivity index (χ0n) is 18.4. The highest BCUT2D eigenvalue weighted by molar-refractivity contribution is 7.17. The van der Waals surface area contributed by atoms with Crippen LogP contribution in [0.15, 0.2) is 24.4 Å². The monoisotopic (exact) mass is 488 g/mol. The van der Waals surface area contributed by atoms with E-state index < -0.39 is 0 Å². The molecule has 1 saturated heterocycles. The van der Waals surface area contributed by atoms with Gasteiger partial charge in [-0.1, -0.05) is 35.1 Å². The summed E-state index contributed by atoms with van der Waals surface area (Å²) in [7, 11) is 0. The Labute approximate surface area is 200 Å².